The Labute approximate surface area is 143 Å². The van der Waals surface area contributed by atoms with Crippen LogP contribution < -0.4 is 0 Å². The van der Waals surface area contributed by atoms with Crippen LogP contribution in [0.1, 0.15) is 44.9 Å². The van der Waals surface area contributed by atoms with Crippen LogP contribution in [0.15, 0.2) is 40.8 Å². The summed E-state index contributed by atoms with van der Waals surface area (Å²) >= 11 is 0. The van der Waals surface area contributed by atoms with Gasteiger partial charge in [-0.05, 0) is 42.5 Å². The van der Waals surface area contributed by atoms with Crippen LogP contribution in [-0.2, 0) is 16.8 Å². The number of hydrogen-bond donors (Lipinski definition) is 1. The highest BCUT2D eigenvalue weighted by Gasteiger charge is 2.30. The van der Waals surface area contributed by atoms with Gasteiger partial charge in [-0.15, -0.1) is 0 Å². The van der Waals surface area contributed by atoms with E-state index in [2.05, 4.69) is 45.0 Å². The molecule has 0 radical (unpaired) electrons. The van der Waals surface area contributed by atoms with Crippen molar-refractivity contribution in [1.82, 2.24) is 4.90 Å². The van der Waals surface area contributed by atoms with Crippen LogP contribution >= 0.6 is 0 Å². The minimum absolute atomic E-state index is 0.133. The first-order valence-electron chi connectivity index (χ1n) is 8.51. The van der Waals surface area contributed by atoms with Crippen LogP contribution in [0.5, 0.6) is 0 Å². The number of rotatable bonds is 4. The van der Waals surface area contributed by atoms with Gasteiger partial charge in [-0.2, -0.15) is 0 Å². The Morgan fingerprint density at radius 2 is 1.92 bits per heavy atom. The van der Waals surface area contributed by atoms with E-state index in [1.807, 2.05) is 17.0 Å². The summed E-state index contributed by atoms with van der Waals surface area (Å²) in [5.74, 6) is 0.909. The zero-order valence-electron chi connectivity index (χ0n) is 14.6. The molecule has 1 aromatic heterocycles. The standard InChI is InChI=1S/C20H25NO3/c1-20(2,3)15-8-6-14(7-9-15)18-11-10-16(24-18)13-21-12-4-5-17(21)19(22)23/h6-11,17H,4-5,12-13H2,1-3H3,(H,22,23). The summed E-state index contributed by atoms with van der Waals surface area (Å²) in [6.45, 7) is 7.95. The predicted molar refractivity (Wildman–Crippen MR) is 93.9 cm³/mol. The van der Waals surface area contributed by atoms with Gasteiger partial charge in [0.05, 0.1) is 6.54 Å². The first-order valence-corrected chi connectivity index (χ1v) is 8.51. The number of carbonyl (C=O) groups is 1. The van der Waals surface area contributed by atoms with Crippen LogP contribution in [0.3, 0.4) is 0 Å². The Kier molecular flexibility index (Phi) is 4.50. The molecule has 0 aliphatic carbocycles. The fourth-order valence-electron chi connectivity index (χ4n) is 3.25. The van der Waals surface area contributed by atoms with Gasteiger partial charge in [0.1, 0.15) is 17.6 Å². The second kappa shape index (κ2) is 6.44. The quantitative estimate of drug-likeness (QED) is 0.910. The molecule has 3 rings (SSSR count). The molecule has 0 saturated carbocycles. The van der Waals surface area contributed by atoms with Crippen molar-refractivity contribution in [3.8, 4) is 11.3 Å². The van der Waals surface area contributed by atoms with Crippen LogP contribution in [0.2, 0.25) is 0 Å². The molecule has 1 fully saturated rings. The maximum absolute atomic E-state index is 11.3. The second-order valence-electron chi connectivity index (χ2n) is 7.56. The molecule has 1 atom stereocenters. The van der Waals surface area contributed by atoms with Crippen molar-refractivity contribution < 1.29 is 14.3 Å². The van der Waals surface area contributed by atoms with Crippen molar-refractivity contribution in [1.29, 1.82) is 0 Å². The highest BCUT2D eigenvalue weighted by molar-refractivity contribution is 5.73. The lowest BCUT2D eigenvalue weighted by Crippen LogP contribution is -2.35. The second-order valence-corrected chi connectivity index (χ2v) is 7.56. The molecule has 2 heterocycles. The van der Waals surface area contributed by atoms with Crippen molar-refractivity contribution in [2.45, 2.75) is 51.6 Å². The number of carboxylic acid groups (broad SMARTS) is 1. The molecule has 0 amide bonds. The van der Waals surface area contributed by atoms with Gasteiger partial charge < -0.3 is 9.52 Å². The smallest absolute Gasteiger partial charge is 0.320 e. The third kappa shape index (κ3) is 3.54. The largest absolute Gasteiger partial charge is 0.480 e. The molecule has 1 aromatic carbocycles. The lowest BCUT2D eigenvalue weighted by molar-refractivity contribution is -0.142. The number of nitrogens with zero attached hydrogens (tertiary/aromatic N) is 1. The van der Waals surface area contributed by atoms with E-state index in [4.69, 9.17) is 4.42 Å². The highest BCUT2D eigenvalue weighted by atomic mass is 16.4. The lowest BCUT2D eigenvalue weighted by Gasteiger charge is -2.19. The zero-order valence-corrected chi connectivity index (χ0v) is 14.6. The zero-order chi connectivity index (χ0) is 17.3. The average Bonchev–Trinajstić information content (AvgIpc) is 3.16. The van der Waals surface area contributed by atoms with Gasteiger partial charge >= 0.3 is 5.97 Å². The predicted octanol–water partition coefficient (Wildman–Crippen LogP) is 4.29. The Bertz CT molecular complexity index is 709. The van der Waals surface area contributed by atoms with Gasteiger partial charge in [0.25, 0.3) is 0 Å². The maximum Gasteiger partial charge on any atom is 0.320 e. The van der Waals surface area contributed by atoms with Gasteiger partial charge in [-0.25, -0.2) is 0 Å². The number of furan rings is 1. The molecule has 1 saturated heterocycles. The molecule has 4 heteroatoms. The molecule has 4 nitrogen and oxygen atoms in total. The lowest BCUT2D eigenvalue weighted by atomic mass is 9.86. The van der Waals surface area contributed by atoms with Gasteiger partial charge in [0.2, 0.25) is 0 Å². The topological polar surface area (TPSA) is 53.7 Å². The minimum atomic E-state index is -0.739. The molecule has 24 heavy (non-hydrogen) atoms. The van der Waals surface area contributed by atoms with E-state index in [-0.39, 0.29) is 11.5 Å². The summed E-state index contributed by atoms with van der Waals surface area (Å²) in [7, 11) is 0. The van der Waals surface area contributed by atoms with Crippen molar-refractivity contribution in [2.24, 2.45) is 0 Å². The van der Waals surface area contributed by atoms with E-state index in [1.165, 1.54) is 5.56 Å². The van der Waals surface area contributed by atoms with E-state index >= 15 is 0 Å². The number of carboxylic acids is 1. The molecule has 1 unspecified atom stereocenters. The Morgan fingerprint density at radius 3 is 2.54 bits per heavy atom. The molecule has 2 aromatic rings. The van der Waals surface area contributed by atoms with Crippen LogP contribution in [0, 0.1) is 0 Å². The fourth-order valence-corrected chi connectivity index (χ4v) is 3.25. The summed E-state index contributed by atoms with van der Waals surface area (Å²) in [5.41, 5.74) is 2.47. The molecule has 0 bridgehead atoms. The number of hydrogen-bond acceptors (Lipinski definition) is 3. The normalized spacial score (nSPS) is 18.9. The SMILES string of the molecule is CC(C)(C)c1ccc(-c2ccc(CN3CCCC3C(=O)O)o2)cc1. The Hall–Kier alpha value is -2.07. The van der Waals surface area contributed by atoms with E-state index < -0.39 is 5.97 Å². The Balaban J connectivity index is 1.72. The van der Waals surface area contributed by atoms with Crippen molar-refractivity contribution in [3.05, 3.63) is 47.7 Å². The molecular weight excluding hydrogens is 302 g/mol. The van der Waals surface area contributed by atoms with Crippen molar-refractivity contribution >= 4 is 5.97 Å². The first kappa shape index (κ1) is 16.8. The summed E-state index contributed by atoms with van der Waals surface area (Å²) < 4.78 is 5.95. The molecule has 128 valence electrons. The monoisotopic (exact) mass is 327 g/mol. The van der Waals surface area contributed by atoms with E-state index in [9.17, 15) is 9.90 Å². The van der Waals surface area contributed by atoms with Crippen molar-refractivity contribution in [2.75, 3.05) is 6.54 Å². The number of likely N-dealkylation sites (tertiary alicyclic amines) is 1. The van der Waals surface area contributed by atoms with Crippen LogP contribution in [0.25, 0.3) is 11.3 Å². The van der Waals surface area contributed by atoms with Crippen LogP contribution in [-0.4, -0.2) is 28.6 Å². The van der Waals surface area contributed by atoms with E-state index in [0.717, 1.165) is 36.5 Å². The van der Waals surface area contributed by atoms with Gasteiger partial charge in [0, 0.05) is 5.56 Å². The van der Waals surface area contributed by atoms with Gasteiger partial charge in [-0.3, -0.25) is 9.69 Å². The third-order valence-electron chi connectivity index (χ3n) is 4.70. The summed E-state index contributed by atoms with van der Waals surface area (Å²) in [6, 6.07) is 12.0. The summed E-state index contributed by atoms with van der Waals surface area (Å²) in [6.07, 6.45) is 1.65. The number of aliphatic carboxylic acids is 1. The molecule has 0 spiro atoms. The highest BCUT2D eigenvalue weighted by Crippen LogP contribution is 2.28. The van der Waals surface area contributed by atoms with Crippen LogP contribution in [0.4, 0.5) is 0 Å². The molecule has 1 N–H and O–H groups in total. The molecular formula is C20H25NO3. The van der Waals surface area contributed by atoms with E-state index in [1.54, 1.807) is 0 Å². The first-order chi connectivity index (χ1) is 11.3. The molecule has 1 aliphatic heterocycles. The molecule has 1 aliphatic rings. The third-order valence-corrected chi connectivity index (χ3v) is 4.70. The van der Waals surface area contributed by atoms with Crippen molar-refractivity contribution in [3.63, 3.8) is 0 Å². The summed E-state index contributed by atoms with van der Waals surface area (Å²) in [5, 5.41) is 9.26. The van der Waals surface area contributed by atoms with E-state index in [0.29, 0.717) is 6.54 Å². The fraction of sp³-hybridized carbons (Fsp3) is 0.450. The summed E-state index contributed by atoms with van der Waals surface area (Å²) in [4.78, 5) is 13.2. The van der Waals surface area contributed by atoms with Gasteiger partial charge in [0.15, 0.2) is 0 Å². The average molecular weight is 327 g/mol. The maximum atomic E-state index is 11.3. The Morgan fingerprint density at radius 1 is 1.21 bits per heavy atom. The minimum Gasteiger partial charge on any atom is -0.480 e. The number of benzene rings is 1. The van der Waals surface area contributed by atoms with Gasteiger partial charge in [-0.1, -0.05) is 45.0 Å².